The average Bonchev–Trinajstić information content (AvgIpc) is 3.26. The van der Waals surface area contributed by atoms with Gasteiger partial charge < -0.3 is 14.4 Å². The van der Waals surface area contributed by atoms with Crippen LogP contribution >= 0.6 is 0 Å². The molecule has 0 spiro atoms. The highest BCUT2D eigenvalue weighted by Gasteiger charge is 2.58. The molecule has 3 aliphatic rings. The summed E-state index contributed by atoms with van der Waals surface area (Å²) in [6.45, 7) is 3.84. The Labute approximate surface area is 262 Å². The molecular weight excluding hydrogens is 599 g/mol. The van der Waals surface area contributed by atoms with Crippen LogP contribution in [-0.2, 0) is 27.1 Å². The van der Waals surface area contributed by atoms with E-state index in [0.29, 0.717) is 41.6 Å². The summed E-state index contributed by atoms with van der Waals surface area (Å²) < 4.78 is 80.5. The number of unbranched alkanes of at least 4 members (excludes halogenated alkanes) is 6. The maximum Gasteiger partial charge on any atom is 0.453 e. The van der Waals surface area contributed by atoms with Gasteiger partial charge in [-0.3, -0.25) is 4.79 Å². The number of phenols is 1. The Morgan fingerprint density at radius 1 is 1.00 bits per heavy atom. The number of alkyl halides is 5. The van der Waals surface area contributed by atoms with Gasteiger partial charge >= 0.3 is 18.1 Å². The Bertz CT molecular complexity index is 1100. The number of halogens is 5. The summed E-state index contributed by atoms with van der Waals surface area (Å²) >= 11 is -1.37. The highest BCUT2D eigenvalue weighted by atomic mass is 32.2. The second-order valence-corrected chi connectivity index (χ2v) is 15.5. The molecule has 1 aromatic carbocycles. The molecule has 0 heterocycles. The van der Waals surface area contributed by atoms with Gasteiger partial charge in [-0.15, -0.1) is 0 Å². The minimum atomic E-state index is -5.55. The van der Waals surface area contributed by atoms with Gasteiger partial charge in [0.2, 0.25) is 0 Å². The molecule has 1 aromatic rings. The quantitative estimate of drug-likeness (QED) is 0.0891. The van der Waals surface area contributed by atoms with E-state index in [1.165, 1.54) is 18.1 Å². The molecule has 3 aliphatic carbocycles. The molecule has 0 amide bonds. The number of ether oxygens (including phenoxy) is 1. The van der Waals surface area contributed by atoms with E-state index in [9.17, 15) is 36.4 Å². The van der Waals surface area contributed by atoms with E-state index in [-0.39, 0.29) is 23.2 Å². The number of esters is 1. The van der Waals surface area contributed by atoms with Crippen molar-refractivity contribution in [2.75, 3.05) is 11.5 Å². The lowest BCUT2D eigenvalue weighted by atomic mass is 9.52. The standard InChI is InChI=1S/C34H49F5O4S/c1-23(40)43-30-15-14-29-31-24(21-25-22-26(41)12-13-27(25)28(31)16-18-32(29,30)2)11-8-6-4-3-5-7-9-19-44(42)20-10-17-33(35,36)34(37,38)39/h12-13,22,24,28-31,41H,3-11,14-21H2,1-2H3/t24-,28?,29?,30+,31?,32+,44?/m1/s1. The number of fused-ring (bicyclic) bond motifs is 5. The fourth-order valence-corrected chi connectivity index (χ4v) is 9.85. The van der Waals surface area contributed by atoms with Crippen molar-refractivity contribution in [3.63, 3.8) is 0 Å². The first-order chi connectivity index (χ1) is 20.7. The van der Waals surface area contributed by atoms with Crippen molar-refractivity contribution < 1.29 is 41.1 Å². The van der Waals surface area contributed by atoms with Crippen LogP contribution in [0.3, 0.4) is 0 Å². The number of aromatic hydroxyl groups is 1. The van der Waals surface area contributed by atoms with Crippen LogP contribution in [0.15, 0.2) is 18.2 Å². The fraction of sp³-hybridized carbons (Fsp3) is 0.794. The summed E-state index contributed by atoms with van der Waals surface area (Å²) in [5, 5.41) is 10.2. The number of carbonyl (C=O) groups is 1. The first-order valence-electron chi connectivity index (χ1n) is 16.5. The molecule has 44 heavy (non-hydrogen) atoms. The van der Waals surface area contributed by atoms with E-state index < -0.39 is 36.1 Å². The molecule has 0 bridgehead atoms. The Morgan fingerprint density at radius 2 is 1.66 bits per heavy atom. The lowest BCUT2D eigenvalue weighted by Gasteiger charge is -2.53. The Morgan fingerprint density at radius 3 is 2.34 bits per heavy atom. The lowest BCUT2D eigenvalue weighted by molar-refractivity contribution is -0.284. The van der Waals surface area contributed by atoms with E-state index in [1.807, 2.05) is 12.1 Å². The van der Waals surface area contributed by atoms with Crippen molar-refractivity contribution in [1.29, 1.82) is 0 Å². The molecule has 0 radical (unpaired) electrons. The Balaban J connectivity index is 1.19. The molecule has 4 rings (SSSR count). The molecule has 0 saturated heterocycles. The minimum absolute atomic E-state index is 0.00984. The van der Waals surface area contributed by atoms with Crippen LogP contribution in [0.5, 0.6) is 5.75 Å². The summed E-state index contributed by atoms with van der Waals surface area (Å²) in [7, 11) is 0. The van der Waals surface area contributed by atoms with Crippen molar-refractivity contribution in [3.05, 3.63) is 29.3 Å². The predicted molar refractivity (Wildman–Crippen MR) is 162 cm³/mol. The SMILES string of the molecule is CC(=O)O[C@H]1CCC2C3C(CC[C@@]21C)c1ccc(O)cc1C[C@H]3CCCCCCCCC[S+]([O-])CCCC(F)(F)C(F)(F)F. The molecule has 0 aromatic heterocycles. The molecule has 0 aliphatic heterocycles. The molecule has 4 unspecified atom stereocenters. The molecule has 2 saturated carbocycles. The van der Waals surface area contributed by atoms with E-state index in [2.05, 4.69) is 13.0 Å². The van der Waals surface area contributed by atoms with Gasteiger partial charge in [0.15, 0.2) is 0 Å². The van der Waals surface area contributed by atoms with Crippen molar-refractivity contribution in [2.45, 2.75) is 134 Å². The number of hydrogen-bond acceptors (Lipinski definition) is 4. The van der Waals surface area contributed by atoms with Crippen molar-refractivity contribution in [2.24, 2.45) is 23.2 Å². The third kappa shape index (κ3) is 8.42. The van der Waals surface area contributed by atoms with Gasteiger partial charge in [0.05, 0.1) is 0 Å². The zero-order chi connectivity index (χ0) is 32.1. The van der Waals surface area contributed by atoms with Gasteiger partial charge in [-0.05, 0) is 105 Å². The summed E-state index contributed by atoms with van der Waals surface area (Å²) in [5.74, 6) is -2.29. The summed E-state index contributed by atoms with van der Waals surface area (Å²) in [4.78, 5) is 11.9. The highest BCUT2D eigenvalue weighted by molar-refractivity contribution is 7.91. The Hall–Kier alpha value is -1.55. The normalized spacial score (nSPS) is 29.0. The van der Waals surface area contributed by atoms with Crippen LogP contribution in [0, 0.1) is 23.2 Å². The molecule has 4 nitrogen and oxygen atoms in total. The smallest absolute Gasteiger partial charge is 0.453 e. The maximum absolute atomic E-state index is 13.0. The number of phenolic OH excluding ortho intramolecular Hbond substituents is 1. The van der Waals surface area contributed by atoms with Gasteiger partial charge in [-0.2, -0.15) is 22.0 Å². The number of rotatable bonds is 15. The largest absolute Gasteiger partial charge is 0.616 e. The first kappa shape index (κ1) is 35.3. The molecular formula is C34H49F5O4S. The fourth-order valence-electron chi connectivity index (χ4n) is 8.66. The second kappa shape index (κ2) is 14.9. The van der Waals surface area contributed by atoms with Gasteiger partial charge in [-0.1, -0.05) is 56.3 Å². The highest BCUT2D eigenvalue weighted by Crippen LogP contribution is 2.63. The van der Waals surface area contributed by atoms with Gasteiger partial charge in [0, 0.05) is 18.8 Å². The summed E-state index contributed by atoms with van der Waals surface area (Å²) in [6.07, 6.45) is 5.94. The molecule has 7 atom stereocenters. The van der Waals surface area contributed by atoms with Crippen molar-refractivity contribution in [1.82, 2.24) is 0 Å². The third-order valence-corrected chi connectivity index (χ3v) is 12.3. The zero-order valence-corrected chi connectivity index (χ0v) is 26.9. The zero-order valence-electron chi connectivity index (χ0n) is 26.1. The minimum Gasteiger partial charge on any atom is -0.616 e. The number of carbonyl (C=O) groups excluding carboxylic acids is 1. The van der Waals surface area contributed by atoms with Crippen LogP contribution in [-0.4, -0.2) is 45.3 Å². The van der Waals surface area contributed by atoms with E-state index >= 15 is 0 Å². The van der Waals surface area contributed by atoms with Crippen molar-refractivity contribution >= 4 is 17.1 Å². The van der Waals surface area contributed by atoms with Crippen LogP contribution in [0.4, 0.5) is 22.0 Å². The second-order valence-electron chi connectivity index (χ2n) is 13.8. The van der Waals surface area contributed by atoms with E-state index in [1.54, 1.807) is 0 Å². The monoisotopic (exact) mass is 648 g/mol. The first-order valence-corrected chi connectivity index (χ1v) is 18.0. The Kier molecular flexibility index (Phi) is 12.0. The third-order valence-electron chi connectivity index (χ3n) is 10.8. The molecule has 250 valence electrons. The maximum atomic E-state index is 13.0. The summed E-state index contributed by atoms with van der Waals surface area (Å²) in [6, 6.07) is 5.90. The summed E-state index contributed by atoms with van der Waals surface area (Å²) in [5.41, 5.74) is 2.68. The number of benzene rings is 1. The van der Waals surface area contributed by atoms with Gasteiger partial charge in [-0.25, -0.2) is 0 Å². The molecule has 2 fully saturated rings. The van der Waals surface area contributed by atoms with E-state index in [0.717, 1.165) is 77.0 Å². The van der Waals surface area contributed by atoms with Gasteiger partial charge in [0.25, 0.3) is 0 Å². The van der Waals surface area contributed by atoms with E-state index in [4.69, 9.17) is 4.74 Å². The lowest BCUT2D eigenvalue weighted by Crippen LogP contribution is -2.48. The molecule has 1 N–H and O–H groups in total. The number of hydrogen-bond donors (Lipinski definition) is 1. The van der Waals surface area contributed by atoms with Crippen LogP contribution < -0.4 is 0 Å². The topological polar surface area (TPSA) is 69.6 Å². The van der Waals surface area contributed by atoms with Crippen LogP contribution in [0.25, 0.3) is 0 Å². The molecule has 10 heteroatoms. The predicted octanol–water partition coefficient (Wildman–Crippen LogP) is 9.25. The van der Waals surface area contributed by atoms with Crippen LogP contribution in [0.2, 0.25) is 0 Å². The van der Waals surface area contributed by atoms with Crippen LogP contribution in [0.1, 0.15) is 121 Å². The van der Waals surface area contributed by atoms with Gasteiger partial charge in [0.1, 0.15) is 23.4 Å². The van der Waals surface area contributed by atoms with Crippen molar-refractivity contribution in [3.8, 4) is 5.75 Å². The average molecular weight is 649 g/mol.